The molecule has 2 aliphatic rings. The molecular weight excluding hydrogens is 636 g/mol. The molecule has 0 saturated carbocycles. The van der Waals surface area contributed by atoms with Gasteiger partial charge in [-0.2, -0.15) is 0 Å². The van der Waals surface area contributed by atoms with E-state index in [-0.39, 0.29) is 30.6 Å². The molecule has 0 radical (unpaired) electrons. The van der Waals surface area contributed by atoms with E-state index in [1.165, 1.54) is 5.56 Å². The van der Waals surface area contributed by atoms with Gasteiger partial charge >= 0.3 is 0 Å². The number of piperazine rings is 1. The van der Waals surface area contributed by atoms with Gasteiger partial charge in [-0.3, -0.25) is 19.6 Å². The van der Waals surface area contributed by atoms with Gasteiger partial charge < -0.3 is 19.9 Å². The van der Waals surface area contributed by atoms with E-state index in [1.54, 1.807) is 24.5 Å². The molecular formula is C43H46N4O4. The van der Waals surface area contributed by atoms with E-state index in [9.17, 15) is 9.90 Å². The summed E-state index contributed by atoms with van der Waals surface area (Å²) in [5.74, 6) is -0.0325. The highest BCUT2D eigenvalue weighted by Gasteiger charge is 2.39. The molecule has 4 unspecified atom stereocenters. The van der Waals surface area contributed by atoms with Crippen molar-refractivity contribution in [1.29, 1.82) is 0 Å². The van der Waals surface area contributed by atoms with Crippen molar-refractivity contribution < 1.29 is 19.4 Å². The SMILES string of the molecule is CC1C(CN2CCN(Cc3ccccc3)CC2)OC(c2ccc(-c3ccccc3CNC(=O)c3cccnc3)cc2)OC1c1ccc(CO)cc1. The van der Waals surface area contributed by atoms with Crippen LogP contribution in [0.1, 0.15) is 57.5 Å². The maximum absolute atomic E-state index is 12.7. The minimum absolute atomic E-state index is 0.0122. The summed E-state index contributed by atoms with van der Waals surface area (Å²) in [6, 6.07) is 38.8. The standard InChI is InChI=1S/C43H46N4O4/c1-31-40(29-47-24-22-46(23-25-47)28-32-8-3-2-4-9-32)50-43(51-41(31)35-15-13-33(30-48)14-16-35)36-19-17-34(18-20-36)39-12-6-5-10-37(39)27-45-42(49)38-11-7-21-44-26-38/h2-21,26,31,40-41,43,48H,22-25,27-30H2,1H3,(H,45,49). The second-order valence-corrected chi connectivity index (χ2v) is 13.6. The Bertz CT molecular complexity index is 1850. The minimum Gasteiger partial charge on any atom is -0.392 e. The zero-order valence-electron chi connectivity index (χ0n) is 29.1. The summed E-state index contributed by atoms with van der Waals surface area (Å²) >= 11 is 0. The van der Waals surface area contributed by atoms with Crippen LogP contribution in [0.5, 0.6) is 0 Å². The van der Waals surface area contributed by atoms with Crippen molar-refractivity contribution in [3.8, 4) is 11.1 Å². The normalized spacial score (nSPS) is 21.3. The first-order valence-electron chi connectivity index (χ1n) is 17.9. The van der Waals surface area contributed by atoms with Gasteiger partial charge in [0.2, 0.25) is 0 Å². The zero-order valence-corrected chi connectivity index (χ0v) is 29.1. The van der Waals surface area contributed by atoms with Crippen molar-refractivity contribution in [2.75, 3.05) is 32.7 Å². The van der Waals surface area contributed by atoms with Crippen LogP contribution < -0.4 is 5.32 Å². The number of pyridine rings is 1. The Morgan fingerprint density at radius 1 is 0.784 bits per heavy atom. The second-order valence-electron chi connectivity index (χ2n) is 13.6. The van der Waals surface area contributed by atoms with E-state index >= 15 is 0 Å². The highest BCUT2D eigenvalue weighted by Crippen LogP contribution is 2.42. The minimum atomic E-state index is -0.531. The van der Waals surface area contributed by atoms with Crippen molar-refractivity contribution in [3.05, 3.63) is 161 Å². The van der Waals surface area contributed by atoms with Crippen molar-refractivity contribution in [2.45, 2.75) is 45.1 Å². The number of nitrogens with one attached hydrogen (secondary N) is 1. The van der Waals surface area contributed by atoms with Crippen LogP contribution in [0, 0.1) is 5.92 Å². The summed E-state index contributed by atoms with van der Waals surface area (Å²) in [5.41, 5.74) is 7.95. The number of carbonyl (C=O) groups is 1. The zero-order chi connectivity index (χ0) is 35.0. The maximum Gasteiger partial charge on any atom is 0.253 e. The number of ether oxygens (including phenoxy) is 2. The fraction of sp³-hybridized carbons (Fsp3) is 0.302. The van der Waals surface area contributed by atoms with Crippen molar-refractivity contribution in [2.24, 2.45) is 5.92 Å². The molecule has 2 aliphatic heterocycles. The quantitative estimate of drug-likeness (QED) is 0.159. The van der Waals surface area contributed by atoms with Gasteiger partial charge in [-0.05, 0) is 45.5 Å². The average Bonchev–Trinajstić information content (AvgIpc) is 3.19. The molecule has 4 aromatic carbocycles. The lowest BCUT2D eigenvalue weighted by molar-refractivity contribution is -0.276. The second kappa shape index (κ2) is 16.5. The average molecular weight is 683 g/mol. The molecule has 0 aliphatic carbocycles. The summed E-state index contributed by atoms with van der Waals surface area (Å²) in [7, 11) is 0. The van der Waals surface area contributed by atoms with E-state index in [2.05, 4.69) is 99.8 Å². The summed E-state index contributed by atoms with van der Waals surface area (Å²) in [6.45, 7) is 8.50. The number of hydrogen-bond acceptors (Lipinski definition) is 7. The third-order valence-electron chi connectivity index (χ3n) is 10.1. The van der Waals surface area contributed by atoms with Gasteiger partial charge in [0, 0.05) is 69.7 Å². The first-order chi connectivity index (χ1) is 25.0. The highest BCUT2D eigenvalue weighted by atomic mass is 16.7. The molecule has 0 spiro atoms. The molecule has 0 bridgehead atoms. The van der Waals surface area contributed by atoms with Gasteiger partial charge in [-0.25, -0.2) is 0 Å². The molecule has 8 nitrogen and oxygen atoms in total. The van der Waals surface area contributed by atoms with Crippen molar-refractivity contribution in [1.82, 2.24) is 20.1 Å². The number of rotatable bonds is 11. The lowest BCUT2D eigenvalue weighted by Gasteiger charge is -2.44. The van der Waals surface area contributed by atoms with Crippen LogP contribution >= 0.6 is 0 Å². The third-order valence-corrected chi connectivity index (χ3v) is 10.1. The van der Waals surface area contributed by atoms with Gasteiger partial charge in [0.25, 0.3) is 5.91 Å². The Balaban J connectivity index is 1.06. The molecule has 2 saturated heterocycles. The van der Waals surface area contributed by atoms with Crippen LogP contribution in [0.2, 0.25) is 0 Å². The molecule has 4 atom stereocenters. The summed E-state index contributed by atoms with van der Waals surface area (Å²) in [5, 5.41) is 12.7. The lowest BCUT2D eigenvalue weighted by Crippen LogP contribution is -2.51. The van der Waals surface area contributed by atoms with Crippen LogP contribution in [-0.2, 0) is 29.2 Å². The number of aliphatic hydroxyl groups is 1. The first-order valence-corrected chi connectivity index (χ1v) is 17.9. The molecule has 7 rings (SSSR count). The predicted octanol–water partition coefficient (Wildman–Crippen LogP) is 6.78. The molecule has 262 valence electrons. The van der Waals surface area contributed by atoms with Crippen molar-refractivity contribution >= 4 is 5.91 Å². The van der Waals surface area contributed by atoms with E-state index in [0.717, 1.165) is 72.6 Å². The molecule has 2 N–H and O–H groups in total. The Labute approximate surface area is 300 Å². The summed E-state index contributed by atoms with van der Waals surface area (Å²) < 4.78 is 13.6. The number of hydrogen-bond donors (Lipinski definition) is 2. The number of carbonyl (C=O) groups excluding carboxylic acids is 1. The largest absolute Gasteiger partial charge is 0.392 e. The molecule has 1 amide bonds. The molecule has 1 aromatic heterocycles. The Kier molecular flexibility index (Phi) is 11.3. The smallest absolute Gasteiger partial charge is 0.253 e. The van der Waals surface area contributed by atoms with E-state index in [0.29, 0.717) is 12.1 Å². The fourth-order valence-electron chi connectivity index (χ4n) is 7.10. The van der Waals surface area contributed by atoms with Crippen LogP contribution in [0.25, 0.3) is 11.1 Å². The number of aliphatic hydroxyl groups excluding tert-OH is 1. The van der Waals surface area contributed by atoms with E-state index in [4.69, 9.17) is 9.47 Å². The van der Waals surface area contributed by atoms with Gasteiger partial charge in [0.1, 0.15) is 0 Å². The van der Waals surface area contributed by atoms with E-state index in [1.807, 2.05) is 30.3 Å². The topological polar surface area (TPSA) is 87.2 Å². The van der Waals surface area contributed by atoms with Crippen LogP contribution in [-0.4, -0.2) is 64.6 Å². The third kappa shape index (κ3) is 8.61. The monoisotopic (exact) mass is 682 g/mol. The molecule has 51 heavy (non-hydrogen) atoms. The van der Waals surface area contributed by atoms with Crippen molar-refractivity contribution in [3.63, 3.8) is 0 Å². The number of benzene rings is 4. The van der Waals surface area contributed by atoms with Gasteiger partial charge in [-0.1, -0.05) is 110 Å². The number of nitrogens with zero attached hydrogens (tertiary/aromatic N) is 3. The number of amides is 1. The maximum atomic E-state index is 12.7. The first kappa shape index (κ1) is 34.7. The van der Waals surface area contributed by atoms with Crippen LogP contribution in [0.15, 0.2) is 128 Å². The lowest BCUT2D eigenvalue weighted by atomic mass is 9.89. The van der Waals surface area contributed by atoms with Gasteiger partial charge in [-0.15, -0.1) is 0 Å². The molecule has 5 aromatic rings. The summed E-state index contributed by atoms with van der Waals surface area (Å²) in [4.78, 5) is 21.8. The molecule has 2 fully saturated rings. The van der Waals surface area contributed by atoms with E-state index < -0.39 is 6.29 Å². The fourth-order valence-corrected chi connectivity index (χ4v) is 7.10. The Hall–Kier alpha value is -4.70. The van der Waals surface area contributed by atoms with Crippen LogP contribution in [0.3, 0.4) is 0 Å². The van der Waals surface area contributed by atoms with Crippen LogP contribution in [0.4, 0.5) is 0 Å². The predicted molar refractivity (Wildman–Crippen MR) is 198 cm³/mol. The Morgan fingerprint density at radius 2 is 1.49 bits per heavy atom. The van der Waals surface area contributed by atoms with Gasteiger partial charge in [0.15, 0.2) is 6.29 Å². The summed E-state index contributed by atoms with van der Waals surface area (Å²) in [6.07, 6.45) is 2.50. The molecule has 3 heterocycles. The van der Waals surface area contributed by atoms with Gasteiger partial charge in [0.05, 0.1) is 24.4 Å². The Morgan fingerprint density at radius 3 is 2.22 bits per heavy atom. The molecule has 8 heteroatoms. The highest BCUT2D eigenvalue weighted by molar-refractivity contribution is 5.93. The number of aromatic nitrogens is 1.